The van der Waals surface area contributed by atoms with Crippen molar-refractivity contribution in [2.24, 2.45) is 0 Å². The Hall–Kier alpha value is -2.66. The average Bonchev–Trinajstić information content (AvgIpc) is 3.08. The Bertz CT molecular complexity index is 881. The fraction of sp³-hybridized carbons (Fsp3) is 0.526. The number of carbonyl (C=O) groups is 3. The van der Waals surface area contributed by atoms with Crippen LogP contribution in [0.5, 0.6) is 0 Å². The molecule has 1 aliphatic heterocycles. The van der Waals surface area contributed by atoms with E-state index in [9.17, 15) is 22.8 Å². The number of alkyl carbamates (subject to hydrolysis) is 1. The molecule has 166 valence electrons. The molecule has 2 atom stereocenters. The Morgan fingerprint density at radius 2 is 1.80 bits per heavy atom. The lowest BCUT2D eigenvalue weighted by atomic mass is 10.2. The molecular weight excluding hydrogens is 414 g/mol. The predicted octanol–water partition coefficient (Wildman–Crippen LogP) is 0.632. The molecule has 2 N–H and O–H groups in total. The number of ether oxygens (including phenoxy) is 2. The van der Waals surface area contributed by atoms with E-state index in [0.29, 0.717) is 0 Å². The normalized spacial score (nSPS) is 19.3. The number of esters is 1. The third-order valence-electron chi connectivity index (χ3n) is 4.25. The molecule has 30 heavy (non-hydrogen) atoms. The van der Waals surface area contributed by atoms with Gasteiger partial charge in [-0.2, -0.15) is 0 Å². The Morgan fingerprint density at radius 1 is 1.17 bits per heavy atom. The first-order valence-electron chi connectivity index (χ1n) is 9.34. The van der Waals surface area contributed by atoms with E-state index in [1.54, 1.807) is 39.0 Å². The van der Waals surface area contributed by atoms with Gasteiger partial charge in [0, 0.05) is 12.6 Å². The summed E-state index contributed by atoms with van der Waals surface area (Å²) in [7, 11) is -2.64. The molecule has 0 unspecified atom stereocenters. The van der Waals surface area contributed by atoms with Crippen LogP contribution in [-0.4, -0.2) is 69.2 Å². The second-order valence-electron chi connectivity index (χ2n) is 7.81. The van der Waals surface area contributed by atoms with Gasteiger partial charge in [0.1, 0.15) is 18.2 Å². The van der Waals surface area contributed by atoms with Crippen molar-refractivity contribution in [2.45, 2.75) is 49.8 Å². The molecule has 1 saturated heterocycles. The van der Waals surface area contributed by atoms with E-state index >= 15 is 0 Å². The highest BCUT2D eigenvalue weighted by Crippen LogP contribution is 2.21. The molecule has 0 bridgehead atoms. The van der Waals surface area contributed by atoms with Crippen LogP contribution in [0.1, 0.15) is 27.2 Å². The number of nitrogens with zero attached hydrogens (tertiary/aromatic N) is 1. The molecule has 0 saturated carbocycles. The van der Waals surface area contributed by atoms with Crippen molar-refractivity contribution in [1.82, 2.24) is 14.9 Å². The summed E-state index contributed by atoms with van der Waals surface area (Å²) >= 11 is 0. The van der Waals surface area contributed by atoms with E-state index in [1.165, 1.54) is 24.1 Å². The quantitative estimate of drug-likeness (QED) is 0.619. The van der Waals surface area contributed by atoms with E-state index < -0.39 is 52.2 Å². The van der Waals surface area contributed by atoms with Gasteiger partial charge in [-0.25, -0.2) is 22.7 Å². The summed E-state index contributed by atoms with van der Waals surface area (Å²) < 4.78 is 37.5. The maximum Gasteiger partial charge on any atom is 0.408 e. The van der Waals surface area contributed by atoms with Crippen molar-refractivity contribution >= 4 is 28.0 Å². The first-order valence-corrected chi connectivity index (χ1v) is 10.8. The number of carbonyl (C=O) groups excluding carboxylic acids is 3. The van der Waals surface area contributed by atoms with Gasteiger partial charge in [0.25, 0.3) is 0 Å². The van der Waals surface area contributed by atoms with E-state index in [2.05, 4.69) is 10.0 Å². The summed E-state index contributed by atoms with van der Waals surface area (Å²) in [4.78, 5) is 37.8. The fourth-order valence-corrected chi connectivity index (χ4v) is 4.27. The van der Waals surface area contributed by atoms with Crippen LogP contribution in [0.15, 0.2) is 35.2 Å². The van der Waals surface area contributed by atoms with Gasteiger partial charge < -0.3 is 19.7 Å². The van der Waals surface area contributed by atoms with Gasteiger partial charge in [0.05, 0.1) is 12.0 Å². The third-order valence-corrected chi connectivity index (χ3v) is 5.79. The van der Waals surface area contributed by atoms with Crippen LogP contribution >= 0.6 is 0 Å². The van der Waals surface area contributed by atoms with Crippen molar-refractivity contribution in [3.8, 4) is 0 Å². The fourth-order valence-electron chi connectivity index (χ4n) is 3.01. The second kappa shape index (κ2) is 9.43. The summed E-state index contributed by atoms with van der Waals surface area (Å²) in [6, 6.07) is 6.12. The Morgan fingerprint density at radius 3 is 2.37 bits per heavy atom. The molecule has 0 aromatic heterocycles. The molecule has 0 spiro atoms. The number of likely N-dealkylation sites (tertiary alicyclic amines) is 1. The first kappa shape index (κ1) is 23.6. The molecule has 1 aromatic rings. The van der Waals surface area contributed by atoms with Gasteiger partial charge in [-0.1, -0.05) is 18.2 Å². The Balaban J connectivity index is 2.06. The molecular formula is C19H27N3O7S. The number of nitrogens with one attached hydrogen (secondary N) is 2. The molecule has 10 nitrogen and oxygen atoms in total. The van der Waals surface area contributed by atoms with E-state index in [4.69, 9.17) is 9.47 Å². The summed E-state index contributed by atoms with van der Waals surface area (Å²) in [5.41, 5.74) is -0.726. The lowest BCUT2D eigenvalue weighted by Gasteiger charge is -2.23. The Labute approximate surface area is 176 Å². The standard InChI is InChI=1S/C19H27N3O7S/c1-19(2,3)29-18(25)20-11-16(23)22-12-13(10-15(22)17(24)28-4)21-30(26,27)14-8-6-5-7-9-14/h5-9,13,15,21H,10-12H2,1-4H3,(H,20,25)/t13-,15+/m1/s1. The summed E-state index contributed by atoms with van der Waals surface area (Å²) in [5.74, 6) is -1.22. The number of hydrogen-bond donors (Lipinski definition) is 2. The molecule has 0 radical (unpaired) electrons. The largest absolute Gasteiger partial charge is 0.467 e. The predicted molar refractivity (Wildman–Crippen MR) is 107 cm³/mol. The molecule has 1 aliphatic rings. The van der Waals surface area contributed by atoms with Crippen LogP contribution in [0, 0.1) is 0 Å². The van der Waals surface area contributed by atoms with E-state index in [1.807, 2.05) is 0 Å². The summed E-state index contributed by atoms with van der Waals surface area (Å²) in [5, 5.41) is 2.34. The Kier molecular flexibility index (Phi) is 7.43. The smallest absolute Gasteiger partial charge is 0.408 e. The molecule has 11 heteroatoms. The number of methoxy groups -OCH3 is 1. The zero-order chi connectivity index (χ0) is 22.5. The zero-order valence-electron chi connectivity index (χ0n) is 17.4. The number of benzene rings is 1. The summed E-state index contributed by atoms with van der Waals surface area (Å²) in [6.45, 7) is 4.62. The number of hydrogen-bond acceptors (Lipinski definition) is 7. The minimum absolute atomic E-state index is 0.0410. The van der Waals surface area contributed by atoms with Crippen LogP contribution in [0.25, 0.3) is 0 Å². The highest BCUT2D eigenvalue weighted by atomic mass is 32.2. The minimum atomic E-state index is -3.82. The number of sulfonamides is 1. The van der Waals surface area contributed by atoms with Gasteiger partial charge >= 0.3 is 12.1 Å². The van der Waals surface area contributed by atoms with Crippen LogP contribution in [0.3, 0.4) is 0 Å². The van der Waals surface area contributed by atoms with Gasteiger partial charge in [0.15, 0.2) is 0 Å². The molecule has 1 heterocycles. The second-order valence-corrected chi connectivity index (χ2v) is 9.52. The maximum atomic E-state index is 12.6. The van der Waals surface area contributed by atoms with Gasteiger partial charge in [0.2, 0.25) is 15.9 Å². The van der Waals surface area contributed by atoms with Gasteiger partial charge in [-0.3, -0.25) is 4.79 Å². The minimum Gasteiger partial charge on any atom is -0.467 e. The molecule has 0 aliphatic carbocycles. The zero-order valence-corrected chi connectivity index (χ0v) is 18.2. The molecule has 1 aromatic carbocycles. The summed E-state index contributed by atoms with van der Waals surface area (Å²) in [6.07, 6.45) is -0.720. The highest BCUT2D eigenvalue weighted by molar-refractivity contribution is 7.89. The lowest BCUT2D eigenvalue weighted by molar-refractivity contribution is -0.150. The molecule has 2 rings (SSSR count). The van der Waals surface area contributed by atoms with Crippen molar-refractivity contribution in [1.29, 1.82) is 0 Å². The van der Waals surface area contributed by atoms with Crippen LogP contribution in [-0.2, 0) is 29.1 Å². The number of amides is 2. The lowest BCUT2D eigenvalue weighted by Crippen LogP contribution is -2.47. The molecule has 2 amide bonds. The molecule has 1 fully saturated rings. The van der Waals surface area contributed by atoms with Crippen molar-refractivity contribution in [3.05, 3.63) is 30.3 Å². The van der Waals surface area contributed by atoms with Crippen molar-refractivity contribution in [3.63, 3.8) is 0 Å². The van der Waals surface area contributed by atoms with Gasteiger partial charge in [-0.15, -0.1) is 0 Å². The highest BCUT2D eigenvalue weighted by Gasteiger charge is 2.41. The maximum absolute atomic E-state index is 12.6. The topological polar surface area (TPSA) is 131 Å². The van der Waals surface area contributed by atoms with Crippen molar-refractivity contribution in [2.75, 3.05) is 20.2 Å². The van der Waals surface area contributed by atoms with Crippen LogP contribution in [0.2, 0.25) is 0 Å². The van der Waals surface area contributed by atoms with Gasteiger partial charge in [-0.05, 0) is 39.3 Å². The first-order chi connectivity index (χ1) is 13.9. The van der Waals surface area contributed by atoms with Crippen molar-refractivity contribution < 1.29 is 32.3 Å². The monoisotopic (exact) mass is 441 g/mol. The van der Waals surface area contributed by atoms with Crippen LogP contribution < -0.4 is 10.0 Å². The number of rotatable bonds is 6. The third kappa shape index (κ3) is 6.42. The SMILES string of the molecule is COC(=O)[C@@H]1C[C@@H](NS(=O)(=O)c2ccccc2)CN1C(=O)CNC(=O)OC(C)(C)C. The van der Waals surface area contributed by atoms with E-state index in [-0.39, 0.29) is 17.9 Å². The van der Waals surface area contributed by atoms with Crippen LogP contribution in [0.4, 0.5) is 4.79 Å². The van der Waals surface area contributed by atoms with E-state index in [0.717, 1.165) is 0 Å². The average molecular weight is 442 g/mol.